The normalized spacial score (nSPS) is 26.8. The van der Waals surface area contributed by atoms with Crippen LogP contribution in [-0.2, 0) is 12.8 Å². The second-order valence-electron chi connectivity index (χ2n) is 5.44. The Kier molecular flexibility index (Phi) is 3.17. The number of fused-ring (bicyclic) bond motifs is 1. The number of nitrogens with zero attached hydrogens (tertiary/aromatic N) is 1. The number of β-amino-alcohol motifs (C(OH)–C–C–N with tert-alkyl or cyclic N) is 1. The van der Waals surface area contributed by atoms with E-state index in [1.807, 2.05) is 0 Å². The summed E-state index contributed by atoms with van der Waals surface area (Å²) in [7, 11) is 0. The molecule has 2 aliphatic rings. The maximum atomic E-state index is 9.63. The van der Waals surface area contributed by atoms with Crippen molar-refractivity contribution in [2.45, 2.75) is 44.2 Å². The lowest BCUT2D eigenvalue weighted by molar-refractivity contribution is 0.153. The molecule has 1 fully saturated rings. The van der Waals surface area contributed by atoms with E-state index in [1.54, 1.807) is 0 Å². The summed E-state index contributed by atoms with van der Waals surface area (Å²) in [5.74, 6) is 0. The van der Waals surface area contributed by atoms with Crippen molar-refractivity contribution in [3.8, 4) is 0 Å². The summed E-state index contributed by atoms with van der Waals surface area (Å²) >= 11 is 0. The molecule has 0 spiro atoms. The second-order valence-corrected chi connectivity index (χ2v) is 5.44. The zero-order chi connectivity index (χ0) is 11.7. The molecule has 2 heteroatoms. The van der Waals surface area contributed by atoms with Crippen LogP contribution >= 0.6 is 0 Å². The van der Waals surface area contributed by atoms with E-state index in [0.717, 1.165) is 19.5 Å². The number of aryl methyl sites for hydroxylation is 2. The van der Waals surface area contributed by atoms with Crippen LogP contribution in [0.2, 0.25) is 0 Å². The molecule has 1 aliphatic carbocycles. The third kappa shape index (κ3) is 2.38. The van der Waals surface area contributed by atoms with Crippen LogP contribution in [0.4, 0.5) is 0 Å². The van der Waals surface area contributed by atoms with Crippen molar-refractivity contribution in [3.63, 3.8) is 0 Å². The minimum atomic E-state index is -0.0828. The van der Waals surface area contributed by atoms with Crippen molar-refractivity contribution in [3.05, 3.63) is 35.4 Å². The van der Waals surface area contributed by atoms with Gasteiger partial charge in [0, 0.05) is 19.1 Å². The van der Waals surface area contributed by atoms with Crippen molar-refractivity contribution in [2.24, 2.45) is 0 Å². The molecule has 17 heavy (non-hydrogen) atoms. The predicted octanol–water partition coefficient (Wildman–Crippen LogP) is 2.00. The Labute approximate surface area is 103 Å². The van der Waals surface area contributed by atoms with Gasteiger partial charge in [0.05, 0.1) is 6.10 Å². The number of aliphatic hydroxyl groups excluding tert-OH is 1. The lowest BCUT2D eigenvalue weighted by Crippen LogP contribution is -2.34. The molecule has 0 radical (unpaired) electrons. The third-order valence-electron chi connectivity index (χ3n) is 4.32. The van der Waals surface area contributed by atoms with E-state index in [0.29, 0.717) is 6.04 Å². The van der Waals surface area contributed by atoms with Crippen molar-refractivity contribution in [1.82, 2.24) is 4.90 Å². The maximum Gasteiger partial charge on any atom is 0.0679 e. The molecule has 0 amide bonds. The van der Waals surface area contributed by atoms with Gasteiger partial charge in [0.25, 0.3) is 0 Å². The molecule has 1 aromatic rings. The Morgan fingerprint density at radius 2 is 1.65 bits per heavy atom. The summed E-state index contributed by atoms with van der Waals surface area (Å²) in [6.07, 6.45) is 5.79. The van der Waals surface area contributed by atoms with Gasteiger partial charge >= 0.3 is 0 Å². The van der Waals surface area contributed by atoms with Gasteiger partial charge in [-0.2, -0.15) is 0 Å². The predicted molar refractivity (Wildman–Crippen MR) is 69.1 cm³/mol. The first-order valence-corrected chi connectivity index (χ1v) is 6.82. The summed E-state index contributed by atoms with van der Waals surface area (Å²) < 4.78 is 0. The summed E-state index contributed by atoms with van der Waals surface area (Å²) in [6, 6.07) is 9.53. The maximum absolute atomic E-state index is 9.63. The van der Waals surface area contributed by atoms with Crippen molar-refractivity contribution in [1.29, 1.82) is 0 Å². The first-order valence-electron chi connectivity index (χ1n) is 6.82. The summed E-state index contributed by atoms with van der Waals surface area (Å²) in [5.41, 5.74) is 3.07. The van der Waals surface area contributed by atoms with Crippen LogP contribution in [0.25, 0.3) is 0 Å². The summed E-state index contributed by atoms with van der Waals surface area (Å²) in [5, 5.41) is 9.63. The van der Waals surface area contributed by atoms with Gasteiger partial charge in [-0.15, -0.1) is 0 Å². The minimum Gasteiger partial charge on any atom is -0.392 e. The molecule has 0 aromatic heterocycles. The van der Waals surface area contributed by atoms with Crippen molar-refractivity contribution < 1.29 is 5.11 Å². The van der Waals surface area contributed by atoms with E-state index in [1.165, 1.54) is 36.8 Å². The SMILES string of the molecule is O[C@H]1CCN(C2CCc3ccccc3CC2)C1. The van der Waals surface area contributed by atoms with E-state index >= 15 is 0 Å². The average Bonchev–Trinajstić information content (AvgIpc) is 2.66. The van der Waals surface area contributed by atoms with Crippen LogP contribution in [-0.4, -0.2) is 35.2 Å². The highest BCUT2D eigenvalue weighted by Crippen LogP contribution is 2.25. The van der Waals surface area contributed by atoms with Crippen LogP contribution in [0.5, 0.6) is 0 Å². The van der Waals surface area contributed by atoms with Crippen molar-refractivity contribution in [2.75, 3.05) is 13.1 Å². The Morgan fingerprint density at radius 3 is 2.18 bits per heavy atom. The van der Waals surface area contributed by atoms with Gasteiger partial charge in [-0.1, -0.05) is 24.3 Å². The molecular weight excluding hydrogens is 210 g/mol. The van der Waals surface area contributed by atoms with Crippen LogP contribution < -0.4 is 0 Å². The molecule has 1 aliphatic heterocycles. The molecule has 1 atom stereocenters. The van der Waals surface area contributed by atoms with Gasteiger partial charge in [-0.3, -0.25) is 4.90 Å². The van der Waals surface area contributed by atoms with E-state index in [9.17, 15) is 5.11 Å². The van der Waals surface area contributed by atoms with E-state index < -0.39 is 0 Å². The molecule has 0 bridgehead atoms. The number of likely N-dealkylation sites (tertiary alicyclic amines) is 1. The van der Waals surface area contributed by atoms with Crippen LogP contribution in [0.1, 0.15) is 30.4 Å². The highest BCUT2D eigenvalue weighted by atomic mass is 16.3. The Balaban J connectivity index is 1.69. The zero-order valence-electron chi connectivity index (χ0n) is 10.3. The number of hydrogen-bond donors (Lipinski definition) is 1. The minimum absolute atomic E-state index is 0.0828. The molecule has 3 rings (SSSR count). The number of aliphatic hydroxyl groups is 1. The molecule has 0 unspecified atom stereocenters. The van der Waals surface area contributed by atoms with E-state index in [2.05, 4.69) is 29.2 Å². The molecule has 0 saturated carbocycles. The van der Waals surface area contributed by atoms with Gasteiger partial charge in [-0.05, 0) is 43.2 Å². The molecule has 1 N–H and O–H groups in total. The Hall–Kier alpha value is -0.860. The number of rotatable bonds is 1. The summed E-state index contributed by atoms with van der Waals surface area (Å²) in [4.78, 5) is 2.50. The van der Waals surface area contributed by atoms with Crippen molar-refractivity contribution >= 4 is 0 Å². The Morgan fingerprint density at radius 1 is 1.00 bits per heavy atom. The number of hydrogen-bond acceptors (Lipinski definition) is 2. The fourth-order valence-corrected chi connectivity index (χ4v) is 3.30. The van der Waals surface area contributed by atoms with Crippen LogP contribution in [0, 0.1) is 0 Å². The van der Waals surface area contributed by atoms with Gasteiger partial charge in [0.2, 0.25) is 0 Å². The van der Waals surface area contributed by atoms with Crippen LogP contribution in [0.3, 0.4) is 0 Å². The largest absolute Gasteiger partial charge is 0.392 e. The van der Waals surface area contributed by atoms with Gasteiger partial charge < -0.3 is 5.11 Å². The van der Waals surface area contributed by atoms with Gasteiger partial charge in [0.15, 0.2) is 0 Å². The van der Waals surface area contributed by atoms with Gasteiger partial charge in [0.1, 0.15) is 0 Å². The molecule has 1 aromatic carbocycles. The smallest absolute Gasteiger partial charge is 0.0679 e. The average molecular weight is 231 g/mol. The first kappa shape index (κ1) is 11.2. The fraction of sp³-hybridized carbons (Fsp3) is 0.600. The standard InChI is InChI=1S/C15H21NO/c17-15-9-10-16(11-15)14-7-5-12-3-1-2-4-13(12)6-8-14/h1-4,14-15,17H,5-11H2/t15-/m0/s1. The fourth-order valence-electron chi connectivity index (χ4n) is 3.30. The molecular formula is C15H21NO. The van der Waals surface area contributed by atoms with Crippen LogP contribution in [0.15, 0.2) is 24.3 Å². The third-order valence-corrected chi connectivity index (χ3v) is 4.32. The summed E-state index contributed by atoms with van der Waals surface area (Å²) in [6.45, 7) is 1.98. The molecule has 92 valence electrons. The highest BCUT2D eigenvalue weighted by Gasteiger charge is 2.28. The monoisotopic (exact) mass is 231 g/mol. The molecule has 1 heterocycles. The van der Waals surface area contributed by atoms with Gasteiger partial charge in [-0.25, -0.2) is 0 Å². The first-order chi connectivity index (χ1) is 8.33. The lowest BCUT2D eigenvalue weighted by Gasteiger charge is -2.26. The topological polar surface area (TPSA) is 23.5 Å². The number of benzene rings is 1. The second kappa shape index (κ2) is 4.79. The molecule has 1 saturated heterocycles. The molecule has 2 nitrogen and oxygen atoms in total. The zero-order valence-corrected chi connectivity index (χ0v) is 10.3. The quantitative estimate of drug-likeness (QED) is 0.747. The Bertz CT molecular complexity index is 363. The highest BCUT2D eigenvalue weighted by molar-refractivity contribution is 5.28. The van der Waals surface area contributed by atoms with E-state index in [-0.39, 0.29) is 6.10 Å². The lowest BCUT2D eigenvalue weighted by atomic mass is 10.0. The van der Waals surface area contributed by atoms with E-state index in [4.69, 9.17) is 0 Å².